The Hall–Kier alpha value is -0.700. The molecule has 3 heteroatoms. The Labute approximate surface area is 52.7 Å². The Morgan fingerprint density at radius 2 is 1.78 bits per heavy atom. The number of Topliss-reactive ketones (excluding diaryl/α,β-unsaturated/α-hetero) is 2. The highest BCUT2D eigenvalue weighted by Gasteiger charge is 2.31. The zero-order chi connectivity index (χ0) is 6.85. The predicted octanol–water partition coefficient (Wildman–Crippen LogP) is -0.473. The van der Waals surface area contributed by atoms with Crippen LogP contribution in [0.25, 0.3) is 0 Å². The molecule has 50 valence electrons. The van der Waals surface area contributed by atoms with Crippen LogP contribution in [0.4, 0.5) is 0 Å². The van der Waals surface area contributed by atoms with Gasteiger partial charge in [-0.3, -0.25) is 9.59 Å². The van der Waals surface area contributed by atoms with Gasteiger partial charge in [0.05, 0.1) is 12.5 Å². The van der Waals surface area contributed by atoms with Gasteiger partial charge in [-0.25, -0.2) is 0 Å². The maximum absolute atomic E-state index is 10.6. The van der Waals surface area contributed by atoms with Gasteiger partial charge in [0.25, 0.3) is 0 Å². The van der Waals surface area contributed by atoms with Crippen molar-refractivity contribution in [1.82, 2.24) is 0 Å². The fourth-order valence-corrected chi connectivity index (χ4v) is 0.978. The summed E-state index contributed by atoms with van der Waals surface area (Å²) in [6.07, 6.45) is 0.647. The van der Waals surface area contributed by atoms with E-state index < -0.39 is 5.92 Å². The number of rotatable bonds is 1. The average molecular weight is 128 g/mol. The normalized spacial score (nSPS) is 21.4. The minimum Gasteiger partial charge on any atom is -0.395 e. The molecule has 0 bridgehead atoms. The number of ketones is 2. The fraction of sp³-hybridized carbons (Fsp3) is 0.667. The summed E-state index contributed by atoms with van der Waals surface area (Å²) in [5.41, 5.74) is 0. The van der Waals surface area contributed by atoms with E-state index in [9.17, 15) is 9.59 Å². The molecule has 9 heavy (non-hydrogen) atoms. The molecule has 1 rings (SSSR count). The van der Waals surface area contributed by atoms with Crippen molar-refractivity contribution >= 4 is 11.6 Å². The number of aliphatic hydroxyl groups is 1. The van der Waals surface area contributed by atoms with E-state index in [1.54, 1.807) is 0 Å². The summed E-state index contributed by atoms with van der Waals surface area (Å²) >= 11 is 0. The van der Waals surface area contributed by atoms with E-state index in [-0.39, 0.29) is 18.2 Å². The van der Waals surface area contributed by atoms with Gasteiger partial charge in [-0.05, 0) is 0 Å². The summed E-state index contributed by atoms with van der Waals surface area (Å²) in [6, 6.07) is 0. The van der Waals surface area contributed by atoms with Gasteiger partial charge in [-0.15, -0.1) is 0 Å². The monoisotopic (exact) mass is 128 g/mol. The maximum Gasteiger partial charge on any atom is 0.146 e. The van der Waals surface area contributed by atoms with Crippen molar-refractivity contribution in [2.24, 2.45) is 5.92 Å². The lowest BCUT2D eigenvalue weighted by Crippen LogP contribution is -2.17. The van der Waals surface area contributed by atoms with Crippen molar-refractivity contribution < 1.29 is 14.7 Å². The van der Waals surface area contributed by atoms with Crippen molar-refractivity contribution in [3.63, 3.8) is 0 Å². The SMILES string of the molecule is O=C1CCC(=O)C1CO. The van der Waals surface area contributed by atoms with Crippen molar-refractivity contribution in [2.45, 2.75) is 12.8 Å². The number of aliphatic hydroxyl groups excluding tert-OH is 1. The van der Waals surface area contributed by atoms with Crippen LogP contribution in [0.15, 0.2) is 0 Å². The van der Waals surface area contributed by atoms with Crippen LogP contribution in [0, 0.1) is 5.92 Å². The van der Waals surface area contributed by atoms with E-state index in [0.717, 1.165) is 0 Å². The molecule has 0 heterocycles. The largest absolute Gasteiger partial charge is 0.395 e. The Morgan fingerprint density at radius 3 is 2.00 bits per heavy atom. The van der Waals surface area contributed by atoms with E-state index >= 15 is 0 Å². The molecule has 0 aromatic heterocycles. The van der Waals surface area contributed by atoms with Gasteiger partial charge in [0, 0.05) is 12.8 Å². The van der Waals surface area contributed by atoms with Crippen LogP contribution < -0.4 is 0 Å². The smallest absolute Gasteiger partial charge is 0.146 e. The van der Waals surface area contributed by atoms with Gasteiger partial charge in [0.1, 0.15) is 11.6 Å². The summed E-state index contributed by atoms with van der Waals surface area (Å²) < 4.78 is 0. The lowest BCUT2D eigenvalue weighted by Gasteiger charge is -1.97. The van der Waals surface area contributed by atoms with Crippen LogP contribution in [0.2, 0.25) is 0 Å². The molecule has 0 amide bonds. The van der Waals surface area contributed by atoms with Crippen LogP contribution >= 0.6 is 0 Å². The quantitative estimate of drug-likeness (QED) is 0.485. The van der Waals surface area contributed by atoms with Crippen LogP contribution in [0.1, 0.15) is 12.8 Å². The third-order valence-corrected chi connectivity index (χ3v) is 1.58. The van der Waals surface area contributed by atoms with Crippen LogP contribution in [-0.2, 0) is 9.59 Å². The highest BCUT2D eigenvalue weighted by atomic mass is 16.3. The van der Waals surface area contributed by atoms with Gasteiger partial charge in [0.2, 0.25) is 0 Å². The highest BCUT2D eigenvalue weighted by Crippen LogP contribution is 2.16. The first-order valence-corrected chi connectivity index (χ1v) is 2.92. The summed E-state index contributed by atoms with van der Waals surface area (Å²) in [5.74, 6) is -0.907. The number of hydrogen-bond acceptors (Lipinski definition) is 3. The van der Waals surface area contributed by atoms with Gasteiger partial charge in [-0.1, -0.05) is 0 Å². The van der Waals surface area contributed by atoms with Gasteiger partial charge < -0.3 is 5.11 Å². The third kappa shape index (κ3) is 1.00. The van der Waals surface area contributed by atoms with Crippen LogP contribution in [-0.4, -0.2) is 23.3 Å². The fourth-order valence-electron chi connectivity index (χ4n) is 0.978. The topological polar surface area (TPSA) is 54.4 Å². The molecule has 3 nitrogen and oxygen atoms in total. The van der Waals surface area contributed by atoms with E-state index in [0.29, 0.717) is 12.8 Å². The molecule has 0 aromatic rings. The third-order valence-electron chi connectivity index (χ3n) is 1.58. The van der Waals surface area contributed by atoms with Crippen LogP contribution in [0.5, 0.6) is 0 Å². The lowest BCUT2D eigenvalue weighted by molar-refractivity contribution is -0.128. The Bertz CT molecular complexity index is 134. The standard InChI is InChI=1S/C6H8O3/c7-3-4-5(8)1-2-6(4)9/h4,7H,1-3H2. The minimum atomic E-state index is -0.690. The van der Waals surface area contributed by atoms with Crippen molar-refractivity contribution in [3.05, 3.63) is 0 Å². The molecular formula is C6H8O3. The second-order valence-electron chi connectivity index (χ2n) is 2.17. The van der Waals surface area contributed by atoms with E-state index in [1.807, 2.05) is 0 Å². The molecule has 0 saturated heterocycles. The first-order chi connectivity index (χ1) is 4.25. The maximum atomic E-state index is 10.6. The molecule has 0 unspecified atom stereocenters. The molecule has 0 aromatic carbocycles. The number of hydrogen-bond donors (Lipinski definition) is 1. The molecule has 1 fully saturated rings. The van der Waals surface area contributed by atoms with Crippen LogP contribution in [0.3, 0.4) is 0 Å². The molecule has 1 saturated carbocycles. The van der Waals surface area contributed by atoms with Crippen molar-refractivity contribution in [2.75, 3.05) is 6.61 Å². The van der Waals surface area contributed by atoms with E-state index in [2.05, 4.69) is 0 Å². The second kappa shape index (κ2) is 2.27. The molecule has 0 radical (unpaired) electrons. The Balaban J connectivity index is 2.66. The zero-order valence-electron chi connectivity index (χ0n) is 4.96. The Kier molecular flexibility index (Phi) is 1.62. The van der Waals surface area contributed by atoms with Crippen molar-refractivity contribution in [1.29, 1.82) is 0 Å². The summed E-state index contributed by atoms with van der Waals surface area (Å²) in [7, 11) is 0. The average Bonchev–Trinajstić information content (AvgIpc) is 2.12. The Morgan fingerprint density at radius 1 is 1.33 bits per heavy atom. The molecule has 1 aliphatic rings. The molecule has 0 aliphatic heterocycles. The molecular weight excluding hydrogens is 120 g/mol. The summed E-state index contributed by atoms with van der Waals surface area (Å²) in [4.78, 5) is 21.3. The molecule has 1 aliphatic carbocycles. The number of carbonyl (C=O) groups is 2. The summed E-state index contributed by atoms with van der Waals surface area (Å²) in [5, 5.41) is 8.47. The highest BCUT2D eigenvalue weighted by molar-refractivity contribution is 6.08. The zero-order valence-corrected chi connectivity index (χ0v) is 4.96. The van der Waals surface area contributed by atoms with E-state index in [4.69, 9.17) is 5.11 Å². The molecule has 0 atom stereocenters. The van der Waals surface area contributed by atoms with Gasteiger partial charge in [0.15, 0.2) is 0 Å². The second-order valence-corrected chi connectivity index (χ2v) is 2.17. The van der Waals surface area contributed by atoms with E-state index in [1.165, 1.54) is 0 Å². The number of carbonyl (C=O) groups excluding carboxylic acids is 2. The van der Waals surface area contributed by atoms with Gasteiger partial charge >= 0.3 is 0 Å². The molecule has 0 spiro atoms. The lowest BCUT2D eigenvalue weighted by atomic mass is 10.1. The predicted molar refractivity (Wildman–Crippen MR) is 29.8 cm³/mol. The first kappa shape index (κ1) is 6.42. The summed E-state index contributed by atoms with van der Waals surface area (Å²) in [6.45, 7) is -0.308. The minimum absolute atomic E-state index is 0.109. The van der Waals surface area contributed by atoms with Gasteiger partial charge in [-0.2, -0.15) is 0 Å². The first-order valence-electron chi connectivity index (χ1n) is 2.92. The van der Waals surface area contributed by atoms with Crippen molar-refractivity contribution in [3.8, 4) is 0 Å². The molecule has 1 N–H and O–H groups in total.